The van der Waals surface area contributed by atoms with Crippen molar-refractivity contribution in [3.05, 3.63) is 42.3 Å². The highest BCUT2D eigenvalue weighted by Crippen LogP contribution is 2.36. The highest BCUT2D eigenvalue weighted by Gasteiger charge is 2.22. The van der Waals surface area contributed by atoms with Crippen molar-refractivity contribution in [3.63, 3.8) is 0 Å². The average molecular weight is 406 g/mol. The molecular weight excluding hydrogens is 385 g/mol. The molecule has 0 amide bonds. The van der Waals surface area contributed by atoms with Gasteiger partial charge in [0, 0.05) is 23.4 Å². The molecule has 3 aromatic rings. The number of hydrogen-bond donors (Lipinski definition) is 4. The van der Waals surface area contributed by atoms with Gasteiger partial charge in [0.25, 0.3) is 0 Å². The van der Waals surface area contributed by atoms with Gasteiger partial charge in [0.05, 0.1) is 17.8 Å². The third-order valence-corrected chi connectivity index (χ3v) is 6.11. The van der Waals surface area contributed by atoms with Crippen molar-refractivity contribution in [1.29, 1.82) is 0 Å². The maximum atomic E-state index is 14.6. The Balaban J connectivity index is 1.62. The first-order valence-corrected chi connectivity index (χ1v) is 10.4. The van der Waals surface area contributed by atoms with Gasteiger partial charge in [-0.1, -0.05) is 6.07 Å². The van der Waals surface area contributed by atoms with Crippen LogP contribution in [0.3, 0.4) is 0 Å². The zero-order valence-electron chi connectivity index (χ0n) is 14.7. The van der Waals surface area contributed by atoms with Gasteiger partial charge in [0.2, 0.25) is 0 Å². The Labute approximate surface area is 165 Å². The highest BCUT2D eigenvalue weighted by atomic mass is 32.2. The molecule has 0 saturated heterocycles. The summed E-state index contributed by atoms with van der Waals surface area (Å²) < 4.78 is 21.7. The Morgan fingerprint density at radius 1 is 1.30 bits per heavy atom. The summed E-state index contributed by atoms with van der Waals surface area (Å²) in [6.07, 6.45) is 4.30. The van der Waals surface area contributed by atoms with Crippen LogP contribution in [-0.4, -0.2) is 31.4 Å². The van der Waals surface area contributed by atoms with Gasteiger partial charge in [0.1, 0.15) is 17.3 Å². The van der Waals surface area contributed by atoms with E-state index in [4.69, 9.17) is 0 Å². The number of hydroxylamine groups is 1. The zero-order valence-corrected chi connectivity index (χ0v) is 16.3. The molecule has 0 atom stereocenters. The predicted molar refractivity (Wildman–Crippen MR) is 111 cm³/mol. The van der Waals surface area contributed by atoms with Crippen molar-refractivity contribution in [2.75, 3.05) is 16.0 Å². The van der Waals surface area contributed by atoms with Crippen molar-refractivity contribution in [3.8, 4) is 11.1 Å². The van der Waals surface area contributed by atoms with E-state index in [9.17, 15) is 9.60 Å². The molecule has 142 valence electrons. The quantitative estimate of drug-likeness (QED) is 0.300. The SMILES string of the molecule is CCN(O)SNc1ccc(-c2cc(NSC3CC3)nc3[nH]ccc23)cc1F. The number of aromatic amines is 1. The summed E-state index contributed by atoms with van der Waals surface area (Å²) in [5, 5.41) is 11.1. The first-order valence-electron chi connectivity index (χ1n) is 8.73. The molecule has 2 heterocycles. The summed E-state index contributed by atoms with van der Waals surface area (Å²) in [7, 11) is 0. The Kier molecular flexibility index (Phi) is 5.44. The second-order valence-electron chi connectivity index (χ2n) is 6.27. The topological polar surface area (TPSA) is 76.2 Å². The maximum absolute atomic E-state index is 14.6. The number of benzene rings is 1. The van der Waals surface area contributed by atoms with E-state index in [1.54, 1.807) is 24.9 Å². The molecule has 6 nitrogen and oxygen atoms in total. The molecule has 1 aromatic carbocycles. The smallest absolute Gasteiger partial charge is 0.147 e. The van der Waals surface area contributed by atoms with Crippen LogP contribution in [0.5, 0.6) is 0 Å². The van der Waals surface area contributed by atoms with Gasteiger partial charge < -0.3 is 19.6 Å². The molecule has 0 aliphatic heterocycles. The number of hydrogen-bond acceptors (Lipinski definition) is 7. The molecule has 27 heavy (non-hydrogen) atoms. The number of H-pyrrole nitrogens is 1. The van der Waals surface area contributed by atoms with Gasteiger partial charge in [-0.05, 0) is 67.1 Å². The van der Waals surface area contributed by atoms with E-state index in [1.807, 2.05) is 24.4 Å². The van der Waals surface area contributed by atoms with Crippen LogP contribution < -0.4 is 9.44 Å². The number of halogens is 1. The van der Waals surface area contributed by atoms with Crippen LogP contribution in [0.2, 0.25) is 0 Å². The van der Waals surface area contributed by atoms with Gasteiger partial charge in [-0.2, -0.15) is 0 Å². The van der Waals surface area contributed by atoms with Gasteiger partial charge in [-0.3, -0.25) is 0 Å². The fraction of sp³-hybridized carbons (Fsp3) is 0.278. The number of aromatic nitrogens is 2. The van der Waals surface area contributed by atoms with E-state index in [-0.39, 0.29) is 5.82 Å². The molecule has 9 heteroatoms. The summed E-state index contributed by atoms with van der Waals surface area (Å²) in [5.74, 6) is 0.376. The Bertz CT molecular complexity index is 947. The number of nitrogens with zero attached hydrogens (tertiary/aromatic N) is 2. The first-order chi connectivity index (χ1) is 13.1. The lowest BCUT2D eigenvalue weighted by molar-refractivity contribution is 0.0230. The van der Waals surface area contributed by atoms with Crippen LogP contribution in [-0.2, 0) is 0 Å². The molecule has 0 spiro atoms. The molecule has 0 radical (unpaired) electrons. The van der Waals surface area contributed by atoms with Crippen molar-refractivity contribution in [2.24, 2.45) is 0 Å². The average Bonchev–Trinajstić information content (AvgIpc) is 3.39. The summed E-state index contributed by atoms with van der Waals surface area (Å²) in [6.45, 7) is 2.22. The van der Waals surface area contributed by atoms with Gasteiger partial charge in [0.15, 0.2) is 0 Å². The van der Waals surface area contributed by atoms with E-state index in [1.165, 1.54) is 18.9 Å². The molecule has 1 aliphatic carbocycles. The van der Waals surface area contributed by atoms with Crippen LogP contribution in [0, 0.1) is 5.82 Å². The first kappa shape index (κ1) is 18.4. The maximum Gasteiger partial charge on any atom is 0.147 e. The zero-order chi connectivity index (χ0) is 18.8. The lowest BCUT2D eigenvalue weighted by Crippen LogP contribution is -2.11. The van der Waals surface area contributed by atoms with Gasteiger partial charge in [-0.25, -0.2) is 9.37 Å². The lowest BCUT2D eigenvalue weighted by atomic mass is 10.0. The minimum atomic E-state index is -0.383. The van der Waals surface area contributed by atoms with Gasteiger partial charge >= 0.3 is 0 Å². The number of fused-ring (bicyclic) bond motifs is 1. The van der Waals surface area contributed by atoms with Crippen LogP contribution >= 0.6 is 24.1 Å². The largest absolute Gasteiger partial charge is 0.346 e. The Morgan fingerprint density at radius 2 is 2.15 bits per heavy atom. The number of rotatable bonds is 8. The molecular formula is C18H20FN5OS2. The number of pyridine rings is 1. The van der Waals surface area contributed by atoms with Crippen molar-refractivity contribution >= 4 is 46.6 Å². The van der Waals surface area contributed by atoms with Gasteiger partial charge in [-0.15, -0.1) is 4.47 Å². The molecule has 1 saturated carbocycles. The van der Waals surface area contributed by atoms with E-state index in [2.05, 4.69) is 19.4 Å². The van der Waals surface area contributed by atoms with Crippen LogP contribution in [0.25, 0.3) is 22.2 Å². The predicted octanol–water partition coefficient (Wildman–Crippen LogP) is 5.28. The molecule has 0 bridgehead atoms. The molecule has 2 aromatic heterocycles. The van der Waals surface area contributed by atoms with Crippen LogP contribution in [0.15, 0.2) is 36.5 Å². The van der Waals surface area contributed by atoms with E-state index >= 15 is 0 Å². The lowest BCUT2D eigenvalue weighted by Gasteiger charge is -2.13. The summed E-state index contributed by atoms with van der Waals surface area (Å²) in [4.78, 5) is 7.72. The minimum Gasteiger partial charge on any atom is -0.346 e. The Morgan fingerprint density at radius 3 is 2.89 bits per heavy atom. The summed E-state index contributed by atoms with van der Waals surface area (Å²) >= 11 is 2.62. The molecule has 4 rings (SSSR count). The summed E-state index contributed by atoms with van der Waals surface area (Å²) in [5.41, 5.74) is 2.77. The molecule has 4 N–H and O–H groups in total. The third-order valence-electron chi connectivity index (χ3n) is 4.19. The second-order valence-corrected chi connectivity index (χ2v) is 8.19. The van der Waals surface area contributed by atoms with E-state index in [0.717, 1.165) is 44.6 Å². The highest BCUT2D eigenvalue weighted by molar-refractivity contribution is 8.01. The minimum absolute atomic E-state index is 0.318. The van der Waals surface area contributed by atoms with Crippen LogP contribution in [0.1, 0.15) is 19.8 Å². The van der Waals surface area contributed by atoms with E-state index in [0.29, 0.717) is 17.5 Å². The van der Waals surface area contributed by atoms with Crippen molar-refractivity contribution < 1.29 is 9.60 Å². The molecule has 0 unspecified atom stereocenters. The standard InChI is InChI=1S/C18H20FN5OS2/c1-2-24(25)27-22-16-6-3-11(9-15(16)19)14-10-17(23-26-12-4-5-12)21-18-13(14)7-8-20-18/h3,6-10,12,22,25H,2,4-5H2,1H3,(H2,20,21,23). The third kappa shape index (κ3) is 4.32. The summed E-state index contributed by atoms with van der Waals surface area (Å²) in [6, 6.07) is 8.93. The van der Waals surface area contributed by atoms with E-state index < -0.39 is 0 Å². The van der Waals surface area contributed by atoms with Crippen molar-refractivity contribution in [2.45, 2.75) is 25.0 Å². The number of nitrogens with one attached hydrogen (secondary N) is 3. The fourth-order valence-corrected chi connectivity index (χ4v) is 3.85. The van der Waals surface area contributed by atoms with Crippen molar-refractivity contribution in [1.82, 2.24) is 14.4 Å². The van der Waals surface area contributed by atoms with Crippen LogP contribution in [0.4, 0.5) is 15.9 Å². The normalized spacial score (nSPS) is 14.1. The second kappa shape index (κ2) is 7.97. The molecule has 1 aliphatic rings. The fourth-order valence-electron chi connectivity index (χ4n) is 2.59. The monoisotopic (exact) mass is 405 g/mol. The molecule has 1 fully saturated rings. The Hall–Kier alpha value is -1.94. The number of anilines is 2.